The molecule has 0 aliphatic rings. The molecule has 0 saturated carbocycles. The summed E-state index contributed by atoms with van der Waals surface area (Å²) in [6, 6.07) is 0. The van der Waals surface area contributed by atoms with Gasteiger partial charge in [-0.1, -0.05) is 26.2 Å². The molecule has 0 aliphatic heterocycles. The second kappa shape index (κ2) is 7.72. The summed E-state index contributed by atoms with van der Waals surface area (Å²) in [7, 11) is 0. The molecule has 0 fully saturated rings. The van der Waals surface area contributed by atoms with Crippen molar-refractivity contribution >= 4 is 22.4 Å². The van der Waals surface area contributed by atoms with E-state index in [0.29, 0.717) is 16.9 Å². The van der Waals surface area contributed by atoms with Crippen LogP contribution in [0.2, 0.25) is 0 Å². The molecule has 0 saturated heterocycles. The lowest BCUT2D eigenvalue weighted by atomic mass is 10.2. The van der Waals surface area contributed by atoms with Crippen LogP contribution in [0.5, 0.6) is 0 Å². The first-order valence-corrected chi connectivity index (χ1v) is 7.99. The maximum atomic E-state index is 5.84. The quantitative estimate of drug-likeness (QED) is 0.414. The fourth-order valence-corrected chi connectivity index (χ4v) is 2.47. The number of nitrogens with zero attached hydrogens (tertiary/aromatic N) is 4. The van der Waals surface area contributed by atoms with Crippen LogP contribution in [0.15, 0.2) is 10.4 Å². The number of aromatic amines is 1. The van der Waals surface area contributed by atoms with Crippen LogP contribution in [0.4, 0.5) is 5.13 Å². The van der Waals surface area contributed by atoms with Gasteiger partial charge in [-0.3, -0.25) is 10.1 Å². The minimum atomic E-state index is 0.401. The van der Waals surface area contributed by atoms with Gasteiger partial charge in [0.25, 0.3) is 0 Å². The van der Waals surface area contributed by atoms with Gasteiger partial charge >= 0.3 is 0 Å². The van der Waals surface area contributed by atoms with E-state index in [2.05, 4.69) is 37.4 Å². The third-order valence-electron chi connectivity index (χ3n) is 2.86. The number of nitrogens with two attached hydrogens (primary N) is 1. The van der Waals surface area contributed by atoms with Crippen molar-refractivity contribution in [1.29, 1.82) is 0 Å². The zero-order valence-corrected chi connectivity index (χ0v) is 13.2. The van der Waals surface area contributed by atoms with Crippen molar-refractivity contribution in [3.05, 3.63) is 11.2 Å². The minimum Gasteiger partial charge on any atom is -0.370 e. The van der Waals surface area contributed by atoms with Crippen LogP contribution < -0.4 is 11.1 Å². The Balaban J connectivity index is 1.85. The number of hydrogen-bond donors (Lipinski definition) is 3. The monoisotopic (exact) mass is 307 g/mol. The molecule has 21 heavy (non-hydrogen) atoms. The summed E-state index contributed by atoms with van der Waals surface area (Å²) in [5.74, 6) is 1.76. The number of H-pyrrole nitrogens is 1. The van der Waals surface area contributed by atoms with Gasteiger partial charge in [0.15, 0.2) is 11.1 Å². The maximum Gasteiger partial charge on any atom is 0.200 e. The largest absolute Gasteiger partial charge is 0.370 e. The number of rotatable bonds is 7. The topological polar surface area (TPSA) is 105 Å². The van der Waals surface area contributed by atoms with Crippen molar-refractivity contribution in [2.75, 3.05) is 11.9 Å². The van der Waals surface area contributed by atoms with E-state index in [1.807, 2.05) is 12.3 Å². The number of thiazole rings is 1. The van der Waals surface area contributed by atoms with Crippen molar-refractivity contribution in [2.24, 2.45) is 10.7 Å². The minimum absolute atomic E-state index is 0.401. The van der Waals surface area contributed by atoms with Crippen molar-refractivity contribution in [1.82, 2.24) is 20.2 Å². The molecule has 8 heteroatoms. The van der Waals surface area contributed by atoms with E-state index in [-0.39, 0.29) is 0 Å². The predicted octanol–water partition coefficient (Wildman–Crippen LogP) is 2.54. The maximum absolute atomic E-state index is 5.84. The fourth-order valence-electron chi connectivity index (χ4n) is 1.78. The van der Waals surface area contributed by atoms with E-state index in [0.717, 1.165) is 24.5 Å². The molecule has 0 radical (unpaired) electrons. The first-order chi connectivity index (χ1) is 10.2. The van der Waals surface area contributed by atoms with Gasteiger partial charge in [0, 0.05) is 11.9 Å². The number of guanidine groups is 1. The third kappa shape index (κ3) is 4.82. The summed E-state index contributed by atoms with van der Waals surface area (Å²) in [6.07, 6.45) is 4.73. The highest BCUT2D eigenvalue weighted by atomic mass is 32.1. The molecule has 7 nitrogen and oxygen atoms in total. The Kier molecular flexibility index (Phi) is 5.68. The zero-order valence-electron chi connectivity index (χ0n) is 12.4. The van der Waals surface area contributed by atoms with Gasteiger partial charge < -0.3 is 11.1 Å². The Labute approximate surface area is 128 Å². The first kappa shape index (κ1) is 15.4. The Hall–Kier alpha value is -1.96. The number of aliphatic imine (C=N–C) groups is 1. The zero-order chi connectivity index (χ0) is 15.1. The van der Waals surface area contributed by atoms with Crippen LogP contribution in [0.25, 0.3) is 11.5 Å². The number of unbranched alkanes of at least 4 members (excludes halogenated alkanes) is 3. The molecule has 0 aromatic carbocycles. The molecular weight excluding hydrogens is 286 g/mol. The van der Waals surface area contributed by atoms with Crippen LogP contribution in [-0.4, -0.2) is 32.7 Å². The second-order valence-corrected chi connectivity index (χ2v) is 5.59. The van der Waals surface area contributed by atoms with Crippen molar-refractivity contribution < 1.29 is 0 Å². The average Bonchev–Trinajstić information content (AvgIpc) is 3.07. The number of aryl methyl sites for hydroxylation is 1. The molecular formula is C13H21N7S. The molecule has 114 valence electrons. The number of aromatic nitrogens is 4. The molecule has 0 aliphatic carbocycles. The summed E-state index contributed by atoms with van der Waals surface area (Å²) in [5, 5.41) is 12.5. The smallest absolute Gasteiger partial charge is 0.200 e. The highest BCUT2D eigenvalue weighted by molar-refractivity contribution is 7.14. The highest BCUT2D eigenvalue weighted by Gasteiger charge is 2.09. The van der Waals surface area contributed by atoms with E-state index in [9.17, 15) is 0 Å². The summed E-state index contributed by atoms with van der Waals surface area (Å²) < 4.78 is 0. The van der Waals surface area contributed by atoms with E-state index in [4.69, 9.17) is 5.73 Å². The molecule has 2 heterocycles. The molecule has 0 amide bonds. The third-order valence-corrected chi connectivity index (χ3v) is 3.62. The molecule has 0 bridgehead atoms. The molecule has 2 aromatic rings. The Bertz CT molecular complexity index is 587. The Morgan fingerprint density at radius 2 is 2.24 bits per heavy atom. The molecule has 0 unspecified atom stereocenters. The normalized spacial score (nSPS) is 11.8. The lowest BCUT2D eigenvalue weighted by molar-refractivity contribution is 0.675. The van der Waals surface area contributed by atoms with Crippen molar-refractivity contribution in [2.45, 2.75) is 39.5 Å². The van der Waals surface area contributed by atoms with Crippen molar-refractivity contribution in [3.8, 4) is 11.5 Å². The van der Waals surface area contributed by atoms with E-state index in [1.54, 1.807) is 0 Å². The van der Waals surface area contributed by atoms with Crippen LogP contribution in [0.3, 0.4) is 0 Å². The lowest BCUT2D eigenvalue weighted by Crippen LogP contribution is -2.22. The van der Waals surface area contributed by atoms with Gasteiger partial charge in [0.1, 0.15) is 11.5 Å². The number of anilines is 1. The molecule has 0 spiro atoms. The van der Waals surface area contributed by atoms with Gasteiger partial charge in [0.2, 0.25) is 5.82 Å². The lowest BCUT2D eigenvalue weighted by Gasteiger charge is -2.01. The molecule has 0 atom stereocenters. The van der Waals surface area contributed by atoms with Gasteiger partial charge in [-0.05, 0) is 13.3 Å². The van der Waals surface area contributed by atoms with E-state index < -0.39 is 0 Å². The van der Waals surface area contributed by atoms with Crippen LogP contribution in [0, 0.1) is 6.92 Å². The van der Waals surface area contributed by atoms with Gasteiger partial charge in [-0.15, -0.1) is 11.3 Å². The molecule has 2 rings (SSSR count). The molecule has 2 aromatic heterocycles. The SMILES string of the molecule is CCCCCCN=C(N)Nc1nc(-c2n[nH]c(C)n2)cs1. The van der Waals surface area contributed by atoms with E-state index >= 15 is 0 Å². The summed E-state index contributed by atoms with van der Waals surface area (Å²) >= 11 is 1.45. The van der Waals surface area contributed by atoms with Gasteiger partial charge in [0.05, 0.1) is 0 Å². The summed E-state index contributed by atoms with van der Waals surface area (Å²) in [6.45, 7) is 4.79. The van der Waals surface area contributed by atoms with Crippen LogP contribution in [-0.2, 0) is 0 Å². The predicted molar refractivity (Wildman–Crippen MR) is 86.5 cm³/mol. The summed E-state index contributed by atoms with van der Waals surface area (Å²) in [4.78, 5) is 12.9. The van der Waals surface area contributed by atoms with E-state index in [1.165, 1.54) is 30.6 Å². The molecule has 4 N–H and O–H groups in total. The van der Waals surface area contributed by atoms with Gasteiger partial charge in [-0.2, -0.15) is 5.10 Å². The van der Waals surface area contributed by atoms with Crippen LogP contribution >= 0.6 is 11.3 Å². The second-order valence-electron chi connectivity index (χ2n) is 4.73. The van der Waals surface area contributed by atoms with Crippen molar-refractivity contribution in [3.63, 3.8) is 0 Å². The Morgan fingerprint density at radius 3 is 2.95 bits per heavy atom. The average molecular weight is 307 g/mol. The fraction of sp³-hybridized carbons (Fsp3) is 0.538. The van der Waals surface area contributed by atoms with Crippen LogP contribution in [0.1, 0.15) is 38.4 Å². The number of hydrogen-bond acceptors (Lipinski definition) is 5. The first-order valence-electron chi connectivity index (χ1n) is 7.11. The Morgan fingerprint density at radius 1 is 1.38 bits per heavy atom. The standard InChI is InChI=1S/C13H21N7S/c1-3-4-5-6-7-15-12(14)18-13-17-10(8-21-13)11-16-9(2)19-20-11/h8H,3-7H2,1-2H3,(H,16,19,20)(H3,14,15,17,18). The number of nitrogens with one attached hydrogen (secondary N) is 2. The summed E-state index contributed by atoms with van der Waals surface area (Å²) in [5.41, 5.74) is 6.57. The van der Waals surface area contributed by atoms with Gasteiger partial charge in [-0.25, -0.2) is 9.97 Å². The highest BCUT2D eigenvalue weighted by Crippen LogP contribution is 2.21.